The molecule has 0 aliphatic carbocycles. The van der Waals surface area contributed by atoms with E-state index >= 15 is 0 Å². The van der Waals surface area contributed by atoms with Gasteiger partial charge in [-0.3, -0.25) is 19.5 Å². The molecule has 256 valence electrons. The number of likely N-dealkylation sites (N-methyl/N-ethyl adjacent to an activating group) is 1. The molecule has 12 nitrogen and oxygen atoms in total. The van der Waals surface area contributed by atoms with Crippen molar-refractivity contribution in [1.29, 1.82) is 0 Å². The molecule has 0 aromatic rings. The van der Waals surface area contributed by atoms with Crippen LogP contribution < -0.4 is 0 Å². The summed E-state index contributed by atoms with van der Waals surface area (Å²) in [6, 6.07) is -0.799. The lowest BCUT2D eigenvalue weighted by molar-refractivity contribution is -0.295. The van der Waals surface area contributed by atoms with Crippen LogP contribution in [0, 0.1) is 23.7 Å². The number of rotatable bonds is 5. The average Bonchev–Trinajstić information content (AvgIpc) is 3.23. The minimum atomic E-state index is -1.12. The van der Waals surface area contributed by atoms with Gasteiger partial charge in [0.1, 0.15) is 18.1 Å². The van der Waals surface area contributed by atoms with Crippen LogP contribution in [0.4, 0.5) is 4.79 Å². The Morgan fingerprint density at radius 1 is 1.07 bits per heavy atom. The number of methoxy groups -OCH3 is 1. The van der Waals surface area contributed by atoms with Crippen LogP contribution in [-0.4, -0.2) is 127 Å². The summed E-state index contributed by atoms with van der Waals surface area (Å²) in [5.41, 5.74) is -0.161. The Morgan fingerprint density at radius 3 is 2.33 bits per heavy atom. The normalized spacial score (nSPS) is 45.0. The number of aliphatic imine (C=N–C) groups is 1. The van der Waals surface area contributed by atoms with Crippen LogP contribution in [0.15, 0.2) is 4.99 Å². The van der Waals surface area contributed by atoms with Gasteiger partial charge in [0.25, 0.3) is 0 Å². The van der Waals surface area contributed by atoms with Crippen LogP contribution >= 0.6 is 0 Å². The van der Waals surface area contributed by atoms with Gasteiger partial charge in [-0.05, 0) is 67.0 Å². The zero-order valence-electron chi connectivity index (χ0n) is 28.9. The van der Waals surface area contributed by atoms with Crippen molar-refractivity contribution in [2.24, 2.45) is 28.7 Å². The van der Waals surface area contributed by atoms with Crippen LogP contribution in [0.1, 0.15) is 74.7 Å². The van der Waals surface area contributed by atoms with Gasteiger partial charge in [0, 0.05) is 37.2 Å². The van der Waals surface area contributed by atoms with E-state index in [1.54, 1.807) is 18.9 Å². The minimum absolute atomic E-state index is 0.147. The Labute approximate surface area is 268 Å². The Kier molecular flexibility index (Phi) is 11.1. The summed E-state index contributed by atoms with van der Waals surface area (Å²) >= 11 is 0. The fraction of sp³-hybridized carbons (Fsp3) is 0.879. The molecule has 0 radical (unpaired) electrons. The highest BCUT2D eigenvalue weighted by Gasteiger charge is 2.54. The largest absolute Gasteiger partial charge is 0.458 e. The molecule has 4 aliphatic heterocycles. The number of ketones is 1. The summed E-state index contributed by atoms with van der Waals surface area (Å²) in [5.74, 6) is -3.37. The van der Waals surface area contributed by atoms with E-state index in [9.17, 15) is 19.5 Å². The number of hydrogen-bond donors (Lipinski definition) is 1. The second-order valence-corrected chi connectivity index (χ2v) is 14.2. The van der Waals surface area contributed by atoms with Crippen LogP contribution in [0.5, 0.6) is 0 Å². The number of Topliss-reactive ketones (excluding diaryl/α,β-unsaturated/α-hetero) is 1. The number of nitrogens with zero attached hydrogens (tertiary/aromatic N) is 3. The molecule has 1 unspecified atom stereocenters. The number of ether oxygens (including phenoxy) is 5. The topological polar surface area (TPSA) is 136 Å². The summed E-state index contributed by atoms with van der Waals surface area (Å²) < 4.78 is 30.9. The standard InChI is InChI=1S/C33H55N3O9/c1-12-23-28-25-19(5)24(34-17(3)15-36(25)32(40)44-28)16(2)14-33(8,41-11)29(20(6)26(37)21(7)30(39)43-23)45-31-27(38)22(35(9)10)13-18(4)42-31/h16-23,25,27-29,31,38H,12-15H2,1-11H3/t16-,17+,18-,19+,20+,21-,22+,23-,25-,27-,28-,29-,31?,33+/m1/s1. The number of fused-ring (bicyclic) bond motifs is 1. The van der Waals surface area contributed by atoms with Gasteiger partial charge in [0.2, 0.25) is 0 Å². The Hall–Kier alpha value is -2.12. The lowest BCUT2D eigenvalue weighted by Gasteiger charge is -2.47. The summed E-state index contributed by atoms with van der Waals surface area (Å²) in [6.07, 6.45) is -3.54. The van der Waals surface area contributed by atoms with E-state index in [4.69, 9.17) is 28.7 Å². The van der Waals surface area contributed by atoms with Crippen molar-refractivity contribution in [3.05, 3.63) is 0 Å². The first kappa shape index (κ1) is 35.7. The second-order valence-electron chi connectivity index (χ2n) is 14.2. The van der Waals surface area contributed by atoms with Crippen LogP contribution in [0.2, 0.25) is 0 Å². The molecule has 3 saturated heterocycles. The maximum absolute atomic E-state index is 14.1. The van der Waals surface area contributed by atoms with E-state index in [0.29, 0.717) is 25.8 Å². The molecule has 45 heavy (non-hydrogen) atoms. The van der Waals surface area contributed by atoms with E-state index in [0.717, 1.165) is 5.71 Å². The molecule has 14 atom stereocenters. The third kappa shape index (κ3) is 6.95. The number of aliphatic hydroxyl groups excluding tert-OH is 1. The second kappa shape index (κ2) is 13.9. The highest BCUT2D eigenvalue weighted by atomic mass is 16.7. The first-order valence-electron chi connectivity index (χ1n) is 16.5. The van der Waals surface area contributed by atoms with E-state index in [2.05, 4.69) is 6.92 Å². The fourth-order valence-corrected chi connectivity index (χ4v) is 7.96. The Morgan fingerprint density at radius 2 is 1.73 bits per heavy atom. The van der Waals surface area contributed by atoms with Crippen molar-refractivity contribution >= 4 is 23.6 Å². The van der Waals surface area contributed by atoms with E-state index in [1.165, 1.54) is 6.92 Å². The molecule has 12 heteroatoms. The molecular weight excluding hydrogens is 582 g/mol. The zero-order valence-corrected chi connectivity index (χ0v) is 28.9. The average molecular weight is 638 g/mol. The number of amides is 1. The molecular formula is C33H55N3O9. The first-order chi connectivity index (χ1) is 21.0. The van der Waals surface area contributed by atoms with Crippen LogP contribution in [-0.2, 0) is 33.3 Å². The highest BCUT2D eigenvalue weighted by molar-refractivity contribution is 6.00. The highest BCUT2D eigenvalue weighted by Crippen LogP contribution is 2.40. The predicted molar refractivity (Wildman–Crippen MR) is 167 cm³/mol. The van der Waals surface area contributed by atoms with E-state index in [1.807, 2.05) is 53.6 Å². The van der Waals surface area contributed by atoms with Gasteiger partial charge in [-0.15, -0.1) is 0 Å². The van der Waals surface area contributed by atoms with E-state index < -0.39 is 66.2 Å². The molecule has 1 N–H and O–H groups in total. The zero-order chi connectivity index (χ0) is 33.5. The third-order valence-electron chi connectivity index (χ3n) is 10.5. The molecule has 2 bridgehead atoms. The molecule has 1 amide bonds. The van der Waals surface area contributed by atoms with Crippen LogP contribution in [0.25, 0.3) is 0 Å². The van der Waals surface area contributed by atoms with Gasteiger partial charge in [-0.25, -0.2) is 4.79 Å². The summed E-state index contributed by atoms with van der Waals surface area (Å²) in [5, 5.41) is 11.4. The van der Waals surface area contributed by atoms with Crippen molar-refractivity contribution in [3.8, 4) is 0 Å². The predicted octanol–water partition coefficient (Wildman–Crippen LogP) is 3.07. The number of aliphatic hydroxyl groups is 1. The van der Waals surface area contributed by atoms with Gasteiger partial charge in [0.05, 0.1) is 29.9 Å². The molecule has 0 aromatic carbocycles. The molecule has 4 aliphatic rings. The first-order valence-corrected chi connectivity index (χ1v) is 16.5. The van der Waals surface area contributed by atoms with Crippen molar-refractivity contribution in [1.82, 2.24) is 9.80 Å². The third-order valence-corrected chi connectivity index (χ3v) is 10.5. The van der Waals surface area contributed by atoms with Crippen molar-refractivity contribution in [3.63, 3.8) is 0 Å². The van der Waals surface area contributed by atoms with Gasteiger partial charge in [0.15, 0.2) is 18.2 Å². The number of esters is 1. The fourth-order valence-electron chi connectivity index (χ4n) is 7.96. The molecule has 4 rings (SSSR count). The monoisotopic (exact) mass is 637 g/mol. The van der Waals surface area contributed by atoms with Gasteiger partial charge in [-0.2, -0.15) is 0 Å². The maximum atomic E-state index is 14.1. The lowest BCUT2D eigenvalue weighted by Crippen LogP contribution is -2.59. The summed E-state index contributed by atoms with van der Waals surface area (Å²) in [4.78, 5) is 49.6. The van der Waals surface area contributed by atoms with Gasteiger partial charge < -0.3 is 33.7 Å². The number of cyclic esters (lactones) is 1. The molecule has 0 spiro atoms. The smallest absolute Gasteiger partial charge is 0.410 e. The maximum Gasteiger partial charge on any atom is 0.410 e. The van der Waals surface area contributed by atoms with Crippen molar-refractivity contribution < 1.29 is 43.2 Å². The Balaban J connectivity index is 1.80. The van der Waals surface area contributed by atoms with Crippen molar-refractivity contribution in [2.45, 2.75) is 135 Å². The summed E-state index contributed by atoms with van der Waals surface area (Å²) in [6.45, 7) is 15.4. The SMILES string of the molecule is CC[C@H]1OC(=O)[C@H](C)C(=O)[C@H](C)[C@@H](OC2O[C@H](C)C[C@H](N(C)C)[C@H]2O)[C@@](C)(OC)C[C@@H](C)C2=N[C@@H](C)CN3C(=O)O[C@H]1[C@H]3[C@H]2C. The van der Waals surface area contributed by atoms with Crippen molar-refractivity contribution in [2.75, 3.05) is 27.7 Å². The number of carbonyl (C=O) groups is 3. The van der Waals surface area contributed by atoms with Gasteiger partial charge in [-0.1, -0.05) is 27.7 Å². The Bertz CT molecular complexity index is 1130. The summed E-state index contributed by atoms with van der Waals surface area (Å²) in [7, 11) is 5.38. The van der Waals surface area contributed by atoms with Gasteiger partial charge >= 0.3 is 12.1 Å². The number of hydrogen-bond acceptors (Lipinski definition) is 11. The van der Waals surface area contributed by atoms with E-state index in [-0.39, 0.29) is 35.8 Å². The molecule has 0 saturated carbocycles. The quantitative estimate of drug-likeness (QED) is 0.354. The molecule has 4 heterocycles. The minimum Gasteiger partial charge on any atom is -0.458 e. The molecule has 3 fully saturated rings. The van der Waals surface area contributed by atoms with Crippen LogP contribution in [0.3, 0.4) is 0 Å². The molecule has 0 aromatic heterocycles. The number of carbonyl (C=O) groups excluding carboxylic acids is 3. The lowest BCUT2D eigenvalue weighted by atomic mass is 9.75.